The highest BCUT2D eigenvalue weighted by Gasteiger charge is 2.20. The third-order valence-electron chi connectivity index (χ3n) is 7.06. The lowest BCUT2D eigenvalue weighted by molar-refractivity contribution is -0.116. The summed E-state index contributed by atoms with van der Waals surface area (Å²) >= 11 is 0. The first-order chi connectivity index (χ1) is 21.3. The second kappa shape index (κ2) is 13.2. The van der Waals surface area contributed by atoms with E-state index in [-0.39, 0.29) is 42.5 Å². The Labute approximate surface area is 253 Å². The number of anilines is 3. The maximum Gasteiger partial charge on any atom is 0.254 e. The number of nitrogens with two attached hydrogens (primary N) is 1. The fourth-order valence-corrected chi connectivity index (χ4v) is 4.99. The van der Waals surface area contributed by atoms with E-state index >= 15 is 0 Å². The highest BCUT2D eigenvalue weighted by atomic mass is 16.5. The number of primary amides is 1. The van der Waals surface area contributed by atoms with E-state index in [1.54, 1.807) is 12.1 Å². The summed E-state index contributed by atoms with van der Waals surface area (Å²) < 4.78 is 5.13. The number of ether oxygens (including phenoxy) is 1. The number of aryl methyl sites for hydroxylation is 1. The van der Waals surface area contributed by atoms with Crippen LogP contribution in [0.5, 0.6) is 5.88 Å². The number of aliphatic hydroxyl groups excluding tert-OH is 1. The number of aliphatic hydroxyl groups is 1. The Morgan fingerprint density at radius 3 is 2.16 bits per heavy atom. The van der Waals surface area contributed by atoms with Crippen molar-refractivity contribution in [2.24, 2.45) is 5.73 Å². The van der Waals surface area contributed by atoms with E-state index < -0.39 is 11.8 Å². The first kappa shape index (κ1) is 29.9. The molecule has 2 aromatic heterocycles. The fraction of sp³-hybridized carbons (Fsp3) is 0.182. The molecule has 0 unspecified atom stereocenters. The van der Waals surface area contributed by atoms with Crippen LogP contribution in [0, 0.1) is 0 Å². The number of hydrogen-bond donors (Lipinski definition) is 5. The Balaban J connectivity index is 1.30. The van der Waals surface area contributed by atoms with Crippen LogP contribution >= 0.6 is 0 Å². The summed E-state index contributed by atoms with van der Waals surface area (Å²) in [6.45, 7) is 1.62. The van der Waals surface area contributed by atoms with Crippen molar-refractivity contribution in [3.63, 3.8) is 0 Å². The van der Waals surface area contributed by atoms with E-state index in [1.807, 2.05) is 61.5 Å². The van der Waals surface area contributed by atoms with Gasteiger partial charge in [0.25, 0.3) is 11.8 Å². The molecule has 5 rings (SSSR count). The van der Waals surface area contributed by atoms with Crippen LogP contribution in [0.2, 0.25) is 0 Å². The molecular weight excluding hydrogens is 560 g/mol. The maximum absolute atomic E-state index is 12.9. The molecule has 0 saturated heterocycles. The predicted octanol–water partition coefficient (Wildman–Crippen LogP) is 4.45. The molecule has 0 aliphatic heterocycles. The molecule has 5 aromatic rings. The van der Waals surface area contributed by atoms with Gasteiger partial charge < -0.3 is 31.5 Å². The largest absolute Gasteiger partial charge is 0.480 e. The molecule has 6 N–H and O–H groups in total. The number of pyridine rings is 2. The van der Waals surface area contributed by atoms with Gasteiger partial charge in [-0.2, -0.15) is 0 Å². The molecule has 0 bridgehead atoms. The lowest BCUT2D eigenvalue weighted by Gasteiger charge is -2.16. The first-order valence-corrected chi connectivity index (χ1v) is 14.1. The molecule has 3 amide bonds. The summed E-state index contributed by atoms with van der Waals surface area (Å²) in [4.78, 5) is 46.6. The van der Waals surface area contributed by atoms with Crippen LogP contribution in [0.1, 0.15) is 45.3 Å². The number of para-hydroxylation sites is 2. The SMILES string of the molecule is CCc1nc(OC)c(C(N)=O)cc1C(=O)NCCC(=O)Nc1cc(CO)cc(Nc2c3ccccc3nc3ccccc23)c1. The number of carbonyl (C=O) groups is 3. The van der Waals surface area contributed by atoms with Crippen molar-refractivity contribution < 1.29 is 24.2 Å². The lowest BCUT2D eigenvalue weighted by atomic mass is 10.1. The summed E-state index contributed by atoms with van der Waals surface area (Å²) in [5, 5.41) is 20.8. The molecule has 3 aromatic carbocycles. The Kier molecular flexibility index (Phi) is 8.96. The van der Waals surface area contributed by atoms with E-state index in [0.717, 1.165) is 27.5 Å². The molecular formula is C33H32N6O5. The molecule has 11 nitrogen and oxygen atoms in total. The highest BCUT2D eigenvalue weighted by Crippen LogP contribution is 2.34. The van der Waals surface area contributed by atoms with Crippen molar-refractivity contribution in [2.75, 3.05) is 24.3 Å². The number of rotatable bonds is 11. The third-order valence-corrected chi connectivity index (χ3v) is 7.06. The average Bonchev–Trinajstić information content (AvgIpc) is 3.03. The molecule has 44 heavy (non-hydrogen) atoms. The van der Waals surface area contributed by atoms with Crippen LogP contribution in [0.25, 0.3) is 21.8 Å². The van der Waals surface area contributed by atoms with Crippen LogP contribution in [-0.2, 0) is 17.8 Å². The standard InChI is InChI=1S/C33H32N6O5/c1-3-26-24(17-25(31(34)42)33(39-26)44-2)32(43)35-13-12-29(41)36-20-14-19(18-40)15-21(16-20)37-30-22-8-4-6-10-27(22)38-28-11-7-5-9-23(28)30/h4-11,14-17,40H,3,12-13,18H2,1-2H3,(H2,34,42)(H,35,43)(H,36,41)(H,37,38). The average molecular weight is 593 g/mol. The Hall–Kier alpha value is -5.55. The van der Waals surface area contributed by atoms with Gasteiger partial charge in [0.05, 0.1) is 41.7 Å². The molecule has 2 heterocycles. The van der Waals surface area contributed by atoms with Crippen molar-refractivity contribution in [3.05, 3.63) is 95.2 Å². The van der Waals surface area contributed by atoms with Crippen LogP contribution in [0.3, 0.4) is 0 Å². The minimum Gasteiger partial charge on any atom is -0.480 e. The summed E-state index contributed by atoms with van der Waals surface area (Å²) in [6.07, 6.45) is 0.395. The molecule has 0 saturated carbocycles. The topological polar surface area (TPSA) is 169 Å². The van der Waals surface area contributed by atoms with Crippen molar-refractivity contribution >= 4 is 56.6 Å². The third kappa shape index (κ3) is 6.42. The Bertz CT molecular complexity index is 1840. The van der Waals surface area contributed by atoms with Crippen molar-refractivity contribution in [3.8, 4) is 5.88 Å². The van der Waals surface area contributed by atoms with E-state index in [9.17, 15) is 19.5 Å². The van der Waals surface area contributed by atoms with Crippen LogP contribution in [0.15, 0.2) is 72.8 Å². The van der Waals surface area contributed by atoms with Gasteiger partial charge in [-0.25, -0.2) is 9.97 Å². The van der Waals surface area contributed by atoms with E-state index in [0.29, 0.717) is 29.1 Å². The zero-order valence-corrected chi connectivity index (χ0v) is 24.3. The molecule has 0 aliphatic carbocycles. The normalized spacial score (nSPS) is 10.9. The van der Waals surface area contributed by atoms with Gasteiger partial charge in [0.1, 0.15) is 5.56 Å². The van der Waals surface area contributed by atoms with Crippen molar-refractivity contribution in [1.82, 2.24) is 15.3 Å². The number of aromatic nitrogens is 2. The highest BCUT2D eigenvalue weighted by molar-refractivity contribution is 6.09. The van der Waals surface area contributed by atoms with Gasteiger partial charge in [-0.1, -0.05) is 43.3 Å². The van der Waals surface area contributed by atoms with Gasteiger partial charge in [-0.15, -0.1) is 0 Å². The van der Waals surface area contributed by atoms with Gasteiger partial charge >= 0.3 is 0 Å². The fourth-order valence-electron chi connectivity index (χ4n) is 4.99. The predicted molar refractivity (Wildman–Crippen MR) is 169 cm³/mol. The number of methoxy groups -OCH3 is 1. The summed E-state index contributed by atoms with van der Waals surface area (Å²) in [6, 6.07) is 22.3. The molecule has 0 atom stereocenters. The summed E-state index contributed by atoms with van der Waals surface area (Å²) in [5.74, 6) is -1.55. The molecule has 0 fully saturated rings. The number of nitrogens with one attached hydrogen (secondary N) is 3. The van der Waals surface area contributed by atoms with E-state index in [1.165, 1.54) is 13.2 Å². The smallest absolute Gasteiger partial charge is 0.254 e. The van der Waals surface area contributed by atoms with Crippen LogP contribution in [0.4, 0.5) is 17.1 Å². The van der Waals surface area contributed by atoms with Gasteiger partial charge in [-0.05, 0) is 48.4 Å². The number of benzene rings is 3. The molecule has 0 spiro atoms. The summed E-state index contributed by atoms with van der Waals surface area (Å²) in [5.41, 5.74) is 10.3. The second-order valence-electron chi connectivity index (χ2n) is 10.0. The van der Waals surface area contributed by atoms with Gasteiger partial charge in [0.2, 0.25) is 11.8 Å². The quantitative estimate of drug-likeness (QED) is 0.140. The number of hydrogen-bond acceptors (Lipinski definition) is 8. The lowest BCUT2D eigenvalue weighted by Crippen LogP contribution is -2.29. The molecule has 11 heteroatoms. The van der Waals surface area contributed by atoms with E-state index in [4.69, 9.17) is 15.5 Å². The van der Waals surface area contributed by atoms with Crippen LogP contribution < -0.4 is 26.4 Å². The number of fused-ring (bicyclic) bond motifs is 2. The zero-order chi connectivity index (χ0) is 31.2. The van der Waals surface area contributed by atoms with Crippen molar-refractivity contribution in [2.45, 2.75) is 26.4 Å². The molecule has 0 radical (unpaired) electrons. The van der Waals surface area contributed by atoms with Gasteiger partial charge in [-0.3, -0.25) is 14.4 Å². The molecule has 224 valence electrons. The van der Waals surface area contributed by atoms with Gasteiger partial charge in [0, 0.05) is 35.1 Å². The minimum absolute atomic E-state index is 0.00599. The van der Waals surface area contributed by atoms with Gasteiger partial charge in [0.15, 0.2) is 0 Å². The number of amides is 3. The monoisotopic (exact) mass is 592 g/mol. The Morgan fingerprint density at radius 2 is 1.55 bits per heavy atom. The first-order valence-electron chi connectivity index (χ1n) is 14.1. The summed E-state index contributed by atoms with van der Waals surface area (Å²) in [7, 11) is 1.37. The molecule has 0 aliphatic rings. The van der Waals surface area contributed by atoms with E-state index in [2.05, 4.69) is 20.9 Å². The van der Waals surface area contributed by atoms with Crippen molar-refractivity contribution in [1.29, 1.82) is 0 Å². The Morgan fingerprint density at radius 1 is 0.886 bits per heavy atom. The minimum atomic E-state index is -0.769. The second-order valence-corrected chi connectivity index (χ2v) is 10.0. The number of nitrogens with zero attached hydrogens (tertiary/aromatic N) is 2. The number of carbonyl (C=O) groups excluding carboxylic acids is 3. The van der Waals surface area contributed by atoms with Crippen LogP contribution in [-0.4, -0.2) is 46.5 Å². The maximum atomic E-state index is 12.9. The zero-order valence-electron chi connectivity index (χ0n) is 24.3.